The first-order chi connectivity index (χ1) is 15.7. The summed E-state index contributed by atoms with van der Waals surface area (Å²) in [7, 11) is 0. The van der Waals surface area contributed by atoms with Crippen molar-refractivity contribution in [2.75, 3.05) is 6.54 Å². The molecule has 1 amide bonds. The van der Waals surface area contributed by atoms with E-state index in [9.17, 15) is 4.79 Å². The lowest BCUT2D eigenvalue weighted by Gasteiger charge is -2.08. The maximum atomic E-state index is 12.8. The Morgan fingerprint density at radius 1 is 1.03 bits per heavy atom. The van der Waals surface area contributed by atoms with Gasteiger partial charge in [-0.3, -0.25) is 9.78 Å². The van der Waals surface area contributed by atoms with Crippen molar-refractivity contribution in [1.29, 1.82) is 0 Å². The number of carbonyl (C=O) groups is 1. The molecule has 2 aromatic carbocycles. The number of carbonyl (C=O) groups excluding carboxylic acids is 1. The highest BCUT2D eigenvalue weighted by Gasteiger charge is 2.21. The molecule has 0 bridgehead atoms. The van der Waals surface area contributed by atoms with E-state index in [0.717, 1.165) is 38.7 Å². The maximum absolute atomic E-state index is 12.8. The lowest BCUT2D eigenvalue weighted by atomic mass is 10.1. The van der Waals surface area contributed by atoms with Crippen LogP contribution in [0, 0.1) is 6.92 Å². The molecule has 5 rings (SSSR count). The Bertz CT molecular complexity index is 1310. The molecule has 0 fully saturated rings. The zero-order valence-electron chi connectivity index (χ0n) is 17.5. The number of thiophene rings is 1. The molecule has 158 valence electrons. The average Bonchev–Trinajstić information content (AvgIpc) is 3.17. The number of hydrogen-bond acceptors (Lipinski definition) is 5. The molecule has 6 heteroatoms. The Morgan fingerprint density at radius 2 is 1.94 bits per heavy atom. The second-order valence-corrected chi connectivity index (χ2v) is 9.54. The number of aromatic nitrogens is 1. The van der Waals surface area contributed by atoms with Crippen LogP contribution in [0.1, 0.15) is 31.9 Å². The van der Waals surface area contributed by atoms with Gasteiger partial charge in [-0.1, -0.05) is 36.0 Å². The molecule has 1 N–H and O–H groups in total. The summed E-state index contributed by atoms with van der Waals surface area (Å²) in [6.07, 6.45) is 4.32. The largest absolute Gasteiger partial charge is 0.352 e. The predicted octanol–water partition coefficient (Wildman–Crippen LogP) is 6.06. The number of amides is 1. The fourth-order valence-corrected chi connectivity index (χ4v) is 5.57. The van der Waals surface area contributed by atoms with E-state index in [1.54, 1.807) is 29.3 Å². The number of pyridine rings is 1. The molecular weight excluding hydrogens is 434 g/mol. The third-order valence-electron chi connectivity index (χ3n) is 5.31. The average molecular weight is 456 g/mol. The first-order valence-corrected chi connectivity index (χ1v) is 12.1. The molecule has 1 aliphatic rings. The van der Waals surface area contributed by atoms with Crippen LogP contribution in [-0.2, 0) is 6.42 Å². The van der Waals surface area contributed by atoms with Crippen molar-refractivity contribution >= 4 is 40.4 Å². The van der Waals surface area contributed by atoms with Crippen LogP contribution in [-0.4, -0.2) is 23.1 Å². The topological polar surface area (TPSA) is 54.4 Å². The molecule has 0 radical (unpaired) electrons. The highest BCUT2D eigenvalue weighted by molar-refractivity contribution is 7.99. The standard InChI is InChI=1S/C26H21N3OS2/c1-17-11-14-31-25(17)24-20-6-2-3-7-22(20)32-23-9-8-19(15-21(23)29-24)26(30)28-13-10-18-5-4-12-27-16-18/h2-9,11-12,14-16H,10,13H2,1H3,(H,28,30). The van der Waals surface area contributed by atoms with Gasteiger partial charge in [-0.25, -0.2) is 4.99 Å². The van der Waals surface area contributed by atoms with Gasteiger partial charge in [-0.15, -0.1) is 11.3 Å². The Balaban J connectivity index is 1.45. The molecule has 1 aliphatic heterocycles. The molecule has 4 nitrogen and oxygen atoms in total. The number of rotatable bonds is 5. The number of fused-ring (bicyclic) bond motifs is 2. The Hall–Kier alpha value is -3.22. The van der Waals surface area contributed by atoms with E-state index in [-0.39, 0.29) is 5.91 Å². The van der Waals surface area contributed by atoms with Crippen molar-refractivity contribution in [3.63, 3.8) is 0 Å². The maximum Gasteiger partial charge on any atom is 0.251 e. The zero-order valence-corrected chi connectivity index (χ0v) is 19.2. The van der Waals surface area contributed by atoms with Crippen molar-refractivity contribution in [3.05, 3.63) is 106 Å². The van der Waals surface area contributed by atoms with Gasteiger partial charge in [-0.2, -0.15) is 0 Å². The van der Waals surface area contributed by atoms with Gasteiger partial charge in [0.25, 0.3) is 5.91 Å². The van der Waals surface area contributed by atoms with Crippen LogP contribution < -0.4 is 5.32 Å². The second kappa shape index (κ2) is 9.10. The fourth-order valence-electron chi connectivity index (χ4n) is 3.64. The smallest absolute Gasteiger partial charge is 0.251 e. The van der Waals surface area contributed by atoms with E-state index in [0.29, 0.717) is 12.1 Å². The van der Waals surface area contributed by atoms with E-state index in [1.165, 1.54) is 10.5 Å². The first-order valence-electron chi connectivity index (χ1n) is 10.4. The number of aliphatic imine (C=N–C) groups is 1. The van der Waals surface area contributed by atoms with Crippen LogP contribution in [0.2, 0.25) is 0 Å². The minimum Gasteiger partial charge on any atom is -0.352 e. The number of aryl methyl sites for hydroxylation is 1. The Kier molecular flexibility index (Phi) is 5.88. The molecule has 3 heterocycles. The molecule has 0 saturated carbocycles. The molecule has 32 heavy (non-hydrogen) atoms. The van der Waals surface area contributed by atoms with Crippen molar-refractivity contribution in [2.45, 2.75) is 23.1 Å². The van der Waals surface area contributed by atoms with Gasteiger partial charge in [0.05, 0.1) is 16.3 Å². The van der Waals surface area contributed by atoms with Gasteiger partial charge >= 0.3 is 0 Å². The van der Waals surface area contributed by atoms with Gasteiger partial charge in [0.2, 0.25) is 0 Å². The van der Waals surface area contributed by atoms with Crippen molar-refractivity contribution in [1.82, 2.24) is 10.3 Å². The third-order valence-corrected chi connectivity index (χ3v) is 7.48. The summed E-state index contributed by atoms with van der Waals surface area (Å²) < 4.78 is 0. The van der Waals surface area contributed by atoms with Crippen LogP contribution in [0.4, 0.5) is 5.69 Å². The van der Waals surface area contributed by atoms with Gasteiger partial charge < -0.3 is 5.32 Å². The van der Waals surface area contributed by atoms with Crippen LogP contribution in [0.5, 0.6) is 0 Å². The lowest BCUT2D eigenvalue weighted by molar-refractivity contribution is 0.0954. The minimum absolute atomic E-state index is 0.0903. The number of nitrogens with zero attached hydrogens (tertiary/aromatic N) is 2. The highest BCUT2D eigenvalue weighted by atomic mass is 32.2. The summed E-state index contributed by atoms with van der Waals surface area (Å²) in [5, 5.41) is 5.11. The number of benzene rings is 2. The van der Waals surface area contributed by atoms with Crippen molar-refractivity contribution in [3.8, 4) is 0 Å². The SMILES string of the molecule is Cc1ccsc1C1=Nc2cc(C(=O)NCCc3cccnc3)ccc2Sc2ccccc21. The minimum atomic E-state index is -0.0903. The van der Waals surface area contributed by atoms with E-state index < -0.39 is 0 Å². The van der Waals surface area contributed by atoms with E-state index >= 15 is 0 Å². The Labute approximate surface area is 195 Å². The third kappa shape index (κ3) is 4.24. The fraction of sp³-hybridized carbons (Fsp3) is 0.115. The van der Waals surface area contributed by atoms with Gasteiger partial charge in [-0.05, 0) is 66.2 Å². The van der Waals surface area contributed by atoms with Gasteiger partial charge in [0.1, 0.15) is 0 Å². The quantitative estimate of drug-likeness (QED) is 0.351. The van der Waals surface area contributed by atoms with Crippen molar-refractivity contribution in [2.24, 2.45) is 4.99 Å². The number of hydrogen-bond donors (Lipinski definition) is 1. The van der Waals surface area contributed by atoms with Crippen LogP contribution >= 0.6 is 23.1 Å². The molecule has 0 aliphatic carbocycles. The monoisotopic (exact) mass is 455 g/mol. The molecular formula is C26H21N3OS2. The summed E-state index contributed by atoms with van der Waals surface area (Å²) in [5.74, 6) is -0.0903. The molecule has 0 atom stereocenters. The van der Waals surface area contributed by atoms with E-state index in [4.69, 9.17) is 4.99 Å². The van der Waals surface area contributed by atoms with Crippen LogP contribution in [0.15, 0.2) is 93.2 Å². The zero-order chi connectivity index (χ0) is 21.9. The van der Waals surface area contributed by atoms with Crippen LogP contribution in [0.3, 0.4) is 0 Å². The first kappa shape index (κ1) is 20.7. The molecule has 4 aromatic rings. The van der Waals surface area contributed by atoms with E-state index in [2.05, 4.69) is 52.9 Å². The second-order valence-electron chi connectivity index (χ2n) is 7.54. The predicted molar refractivity (Wildman–Crippen MR) is 132 cm³/mol. The lowest BCUT2D eigenvalue weighted by Crippen LogP contribution is -2.25. The molecule has 2 aromatic heterocycles. The van der Waals surface area contributed by atoms with Gasteiger partial charge in [0.15, 0.2) is 0 Å². The molecule has 0 spiro atoms. The summed E-state index contributed by atoms with van der Waals surface area (Å²) >= 11 is 3.40. The molecule has 0 saturated heterocycles. The van der Waals surface area contributed by atoms with E-state index in [1.807, 2.05) is 36.5 Å². The summed E-state index contributed by atoms with van der Waals surface area (Å²) in [5.41, 5.74) is 5.85. The summed E-state index contributed by atoms with van der Waals surface area (Å²) in [4.78, 5) is 25.4. The molecule has 0 unspecified atom stereocenters. The highest BCUT2D eigenvalue weighted by Crippen LogP contribution is 2.42. The van der Waals surface area contributed by atoms with Gasteiger partial charge in [0, 0.05) is 39.9 Å². The summed E-state index contributed by atoms with van der Waals surface area (Å²) in [6, 6.07) is 20.2. The van der Waals surface area contributed by atoms with Crippen LogP contribution in [0.25, 0.3) is 0 Å². The van der Waals surface area contributed by atoms with Crippen molar-refractivity contribution < 1.29 is 4.79 Å². The summed E-state index contributed by atoms with van der Waals surface area (Å²) in [6.45, 7) is 2.67. The normalized spacial score (nSPS) is 12.3. The Morgan fingerprint density at radius 3 is 2.75 bits per heavy atom. The number of nitrogens with one attached hydrogen (secondary N) is 1.